The number of hydrogen-bond acceptors (Lipinski definition) is 3. The summed E-state index contributed by atoms with van der Waals surface area (Å²) < 4.78 is 45.9. The Morgan fingerprint density at radius 3 is 2.32 bits per heavy atom. The van der Waals surface area contributed by atoms with Gasteiger partial charge in [0.1, 0.15) is 0 Å². The molecule has 0 fully saturated rings. The van der Waals surface area contributed by atoms with E-state index in [4.69, 9.17) is 4.74 Å². The molecular formula is C21H19F3N2O2. The summed E-state index contributed by atoms with van der Waals surface area (Å²) in [6.07, 6.45) is -4.20. The predicted octanol–water partition coefficient (Wildman–Crippen LogP) is 5.30. The lowest BCUT2D eigenvalue weighted by Crippen LogP contribution is -2.19. The molecule has 4 nitrogen and oxygen atoms in total. The molecule has 2 aromatic carbocycles. The molecule has 0 bridgehead atoms. The highest BCUT2D eigenvalue weighted by Gasteiger charge is 2.36. The Balaban J connectivity index is 1.97. The van der Waals surface area contributed by atoms with Gasteiger partial charge < -0.3 is 4.74 Å². The molecule has 0 saturated carbocycles. The van der Waals surface area contributed by atoms with Gasteiger partial charge in [0, 0.05) is 6.07 Å². The first-order valence-electron chi connectivity index (χ1n) is 8.80. The number of ether oxygens (including phenoxy) is 1. The van der Waals surface area contributed by atoms with Crippen LogP contribution in [0.25, 0.3) is 5.69 Å². The first kappa shape index (κ1) is 19.7. The Hall–Kier alpha value is -3.09. The molecule has 0 aliphatic rings. The zero-order chi connectivity index (χ0) is 20.3. The minimum absolute atomic E-state index is 0.268. The molecule has 1 atom stereocenters. The van der Waals surface area contributed by atoms with Gasteiger partial charge in [-0.3, -0.25) is 4.79 Å². The summed E-state index contributed by atoms with van der Waals surface area (Å²) in [6.45, 7) is 3.68. The van der Waals surface area contributed by atoms with Crippen LogP contribution in [0, 0.1) is 6.92 Å². The molecule has 0 aliphatic carbocycles. The average molecular weight is 388 g/mol. The molecule has 3 rings (SSSR count). The van der Waals surface area contributed by atoms with Gasteiger partial charge in [-0.05, 0) is 31.0 Å². The summed E-state index contributed by atoms with van der Waals surface area (Å²) in [4.78, 5) is 12.7. The van der Waals surface area contributed by atoms with E-state index in [1.165, 1.54) is 0 Å². The van der Waals surface area contributed by atoms with Gasteiger partial charge in [-0.15, -0.1) is 0 Å². The molecule has 0 amide bonds. The molecule has 1 unspecified atom stereocenters. The number of hydrogen-bond donors (Lipinski definition) is 0. The van der Waals surface area contributed by atoms with Gasteiger partial charge in [0.05, 0.1) is 11.6 Å². The Kier molecular flexibility index (Phi) is 5.53. The number of carbonyl (C=O) groups is 1. The fourth-order valence-corrected chi connectivity index (χ4v) is 2.84. The van der Waals surface area contributed by atoms with Crippen LogP contribution in [-0.2, 0) is 11.0 Å². The quantitative estimate of drug-likeness (QED) is 0.557. The number of nitrogens with zero attached hydrogens (tertiary/aromatic N) is 2. The summed E-state index contributed by atoms with van der Waals surface area (Å²) in [6, 6.07) is 16.5. The van der Waals surface area contributed by atoms with E-state index in [-0.39, 0.29) is 5.88 Å². The van der Waals surface area contributed by atoms with Crippen molar-refractivity contribution in [1.82, 2.24) is 9.78 Å². The van der Waals surface area contributed by atoms with Gasteiger partial charge >= 0.3 is 12.1 Å². The maximum absolute atomic E-state index is 13.2. The molecule has 0 spiro atoms. The monoisotopic (exact) mass is 388 g/mol. The van der Waals surface area contributed by atoms with E-state index in [0.29, 0.717) is 12.1 Å². The van der Waals surface area contributed by atoms with Crippen molar-refractivity contribution in [3.8, 4) is 11.6 Å². The van der Waals surface area contributed by atoms with E-state index in [1.807, 2.05) is 19.9 Å². The van der Waals surface area contributed by atoms with Crippen LogP contribution in [0.1, 0.15) is 36.1 Å². The highest BCUT2D eigenvalue weighted by molar-refractivity contribution is 5.80. The number of aromatic nitrogens is 2. The topological polar surface area (TPSA) is 44.1 Å². The Morgan fingerprint density at radius 1 is 1.11 bits per heavy atom. The second-order valence-corrected chi connectivity index (χ2v) is 6.41. The Morgan fingerprint density at radius 2 is 1.75 bits per heavy atom. The molecule has 0 saturated heterocycles. The zero-order valence-corrected chi connectivity index (χ0v) is 15.4. The molecule has 0 aliphatic heterocycles. The second kappa shape index (κ2) is 7.88. The second-order valence-electron chi connectivity index (χ2n) is 6.41. The van der Waals surface area contributed by atoms with Crippen molar-refractivity contribution in [3.63, 3.8) is 0 Å². The third-order valence-electron chi connectivity index (χ3n) is 4.35. The van der Waals surface area contributed by atoms with E-state index < -0.39 is 23.8 Å². The molecule has 0 N–H and O–H groups in total. The zero-order valence-electron chi connectivity index (χ0n) is 15.4. The molecule has 1 aromatic heterocycles. The first-order chi connectivity index (χ1) is 13.3. The highest BCUT2D eigenvalue weighted by atomic mass is 19.4. The summed E-state index contributed by atoms with van der Waals surface area (Å²) in [5.41, 5.74) is 0.938. The average Bonchev–Trinajstić information content (AvgIpc) is 3.08. The van der Waals surface area contributed by atoms with E-state index in [1.54, 1.807) is 48.5 Å². The maximum Gasteiger partial charge on any atom is 0.435 e. The van der Waals surface area contributed by atoms with Gasteiger partial charge in [0.15, 0.2) is 5.69 Å². The van der Waals surface area contributed by atoms with Crippen LogP contribution in [0.15, 0.2) is 60.7 Å². The lowest BCUT2D eigenvalue weighted by molar-refractivity contribution is -0.141. The van der Waals surface area contributed by atoms with Gasteiger partial charge in [-0.2, -0.15) is 18.3 Å². The van der Waals surface area contributed by atoms with Crippen molar-refractivity contribution in [2.75, 3.05) is 0 Å². The van der Waals surface area contributed by atoms with E-state index in [9.17, 15) is 18.0 Å². The Labute approximate surface area is 160 Å². The fraction of sp³-hybridized carbons (Fsp3) is 0.238. The third kappa shape index (κ3) is 4.24. The first-order valence-corrected chi connectivity index (χ1v) is 8.80. The van der Waals surface area contributed by atoms with Crippen molar-refractivity contribution in [1.29, 1.82) is 0 Å². The lowest BCUT2D eigenvalue weighted by atomic mass is 9.97. The van der Waals surface area contributed by atoms with Crippen molar-refractivity contribution in [2.45, 2.75) is 32.4 Å². The minimum atomic E-state index is -4.65. The normalized spacial score (nSPS) is 12.6. The number of halogens is 3. The summed E-state index contributed by atoms with van der Waals surface area (Å²) in [7, 11) is 0. The van der Waals surface area contributed by atoms with Gasteiger partial charge in [0.25, 0.3) is 0 Å². The highest BCUT2D eigenvalue weighted by Crippen LogP contribution is 2.33. The smallest absolute Gasteiger partial charge is 0.407 e. The number of carbonyl (C=O) groups excluding carboxylic acids is 1. The maximum atomic E-state index is 13.2. The largest absolute Gasteiger partial charge is 0.435 e. The summed E-state index contributed by atoms with van der Waals surface area (Å²) >= 11 is 0. The van der Waals surface area contributed by atoms with Crippen molar-refractivity contribution in [3.05, 3.63) is 77.5 Å². The van der Waals surface area contributed by atoms with Crippen LogP contribution in [0.5, 0.6) is 5.88 Å². The molecule has 3 aromatic rings. The number of rotatable bonds is 5. The molecule has 28 heavy (non-hydrogen) atoms. The van der Waals surface area contributed by atoms with Crippen LogP contribution >= 0.6 is 0 Å². The van der Waals surface area contributed by atoms with Crippen molar-refractivity contribution in [2.24, 2.45) is 0 Å². The van der Waals surface area contributed by atoms with E-state index in [2.05, 4.69) is 5.10 Å². The van der Waals surface area contributed by atoms with Crippen LogP contribution in [0.2, 0.25) is 0 Å². The lowest BCUT2D eigenvalue weighted by Gasteiger charge is -2.15. The summed E-state index contributed by atoms with van der Waals surface area (Å²) in [5.74, 6) is -1.48. The number of benzene rings is 2. The van der Waals surface area contributed by atoms with Crippen molar-refractivity contribution >= 4 is 5.97 Å². The minimum Gasteiger partial charge on any atom is -0.407 e. The summed E-state index contributed by atoms with van der Waals surface area (Å²) in [5, 5.41) is 3.61. The Bertz CT molecular complexity index is 948. The van der Waals surface area contributed by atoms with Crippen LogP contribution in [-0.4, -0.2) is 15.7 Å². The standard InChI is InChI=1S/C21H19F3N2O2/c1-3-17(15-7-5-4-6-8-15)20(27)28-19-13-18(21(22,23)24)25-26(19)16-11-9-14(2)10-12-16/h4-13,17H,3H2,1-2H3. The van der Waals surface area contributed by atoms with Crippen LogP contribution in [0.4, 0.5) is 13.2 Å². The molecule has 146 valence electrons. The van der Waals surface area contributed by atoms with Crippen molar-refractivity contribution < 1.29 is 22.7 Å². The SMILES string of the molecule is CCC(C(=O)Oc1cc(C(F)(F)F)nn1-c1ccc(C)cc1)c1ccccc1. The third-order valence-corrected chi connectivity index (χ3v) is 4.35. The van der Waals surface area contributed by atoms with Gasteiger partial charge in [-0.1, -0.05) is 55.0 Å². The molecule has 1 heterocycles. The number of esters is 1. The van der Waals surface area contributed by atoms with Crippen LogP contribution in [0.3, 0.4) is 0 Å². The number of aryl methyl sites for hydroxylation is 1. The molecule has 7 heteroatoms. The van der Waals surface area contributed by atoms with Gasteiger partial charge in [0.2, 0.25) is 5.88 Å². The number of alkyl halides is 3. The fourth-order valence-electron chi connectivity index (χ4n) is 2.84. The molecular weight excluding hydrogens is 369 g/mol. The van der Waals surface area contributed by atoms with E-state index in [0.717, 1.165) is 21.9 Å². The van der Waals surface area contributed by atoms with E-state index >= 15 is 0 Å². The molecule has 0 radical (unpaired) electrons. The van der Waals surface area contributed by atoms with Crippen LogP contribution < -0.4 is 4.74 Å². The predicted molar refractivity (Wildman–Crippen MR) is 98.4 cm³/mol. The van der Waals surface area contributed by atoms with Gasteiger partial charge in [-0.25, -0.2) is 4.68 Å².